The maximum atomic E-state index is 10.5. The van der Waals surface area contributed by atoms with Gasteiger partial charge in [-0.25, -0.2) is 0 Å². The number of carbonyl (C=O) groups is 1. The SMILES string of the molecule is CC/C=C(/CCO)C(N)=O. The van der Waals surface area contributed by atoms with Crippen molar-refractivity contribution in [1.29, 1.82) is 0 Å². The monoisotopic (exact) mass is 143 g/mol. The molecule has 0 unspecified atom stereocenters. The van der Waals surface area contributed by atoms with Crippen LogP contribution in [0.4, 0.5) is 0 Å². The van der Waals surface area contributed by atoms with Gasteiger partial charge >= 0.3 is 0 Å². The molecule has 0 radical (unpaired) electrons. The molecule has 58 valence electrons. The molecule has 0 aliphatic carbocycles. The van der Waals surface area contributed by atoms with Crippen molar-refractivity contribution < 1.29 is 9.90 Å². The lowest BCUT2D eigenvalue weighted by atomic mass is 10.1. The molecule has 10 heavy (non-hydrogen) atoms. The molecule has 0 aromatic heterocycles. The minimum Gasteiger partial charge on any atom is -0.396 e. The van der Waals surface area contributed by atoms with E-state index < -0.39 is 5.91 Å². The molecular weight excluding hydrogens is 130 g/mol. The van der Waals surface area contributed by atoms with Crippen molar-refractivity contribution in [2.75, 3.05) is 6.61 Å². The number of aliphatic hydroxyl groups is 1. The van der Waals surface area contributed by atoms with Gasteiger partial charge in [0.15, 0.2) is 0 Å². The van der Waals surface area contributed by atoms with Crippen molar-refractivity contribution in [3.05, 3.63) is 11.6 Å². The Morgan fingerprint density at radius 2 is 2.30 bits per heavy atom. The highest BCUT2D eigenvalue weighted by atomic mass is 16.3. The van der Waals surface area contributed by atoms with Crippen molar-refractivity contribution in [2.24, 2.45) is 5.73 Å². The van der Waals surface area contributed by atoms with Gasteiger partial charge in [0.2, 0.25) is 5.91 Å². The Bertz CT molecular complexity index is 141. The highest BCUT2D eigenvalue weighted by molar-refractivity contribution is 5.91. The third kappa shape index (κ3) is 3.25. The Hall–Kier alpha value is -0.830. The van der Waals surface area contributed by atoms with Gasteiger partial charge < -0.3 is 10.8 Å². The normalized spacial score (nSPS) is 11.6. The zero-order chi connectivity index (χ0) is 7.98. The molecule has 0 saturated heterocycles. The summed E-state index contributed by atoms with van der Waals surface area (Å²) in [6.45, 7) is 1.90. The summed E-state index contributed by atoms with van der Waals surface area (Å²) in [6, 6.07) is 0. The molecule has 0 fully saturated rings. The Morgan fingerprint density at radius 3 is 2.60 bits per heavy atom. The highest BCUT2D eigenvalue weighted by Crippen LogP contribution is 2.00. The predicted molar refractivity (Wildman–Crippen MR) is 39.3 cm³/mol. The van der Waals surface area contributed by atoms with Gasteiger partial charge in [-0.3, -0.25) is 4.79 Å². The predicted octanol–water partition coefficient (Wildman–Crippen LogP) is 0.191. The van der Waals surface area contributed by atoms with Crippen LogP contribution in [-0.2, 0) is 4.79 Å². The van der Waals surface area contributed by atoms with Gasteiger partial charge in [-0.2, -0.15) is 0 Å². The van der Waals surface area contributed by atoms with Crippen molar-refractivity contribution in [2.45, 2.75) is 19.8 Å². The van der Waals surface area contributed by atoms with Gasteiger partial charge in [-0.15, -0.1) is 0 Å². The van der Waals surface area contributed by atoms with E-state index in [1.54, 1.807) is 6.08 Å². The summed E-state index contributed by atoms with van der Waals surface area (Å²) in [7, 11) is 0. The summed E-state index contributed by atoms with van der Waals surface area (Å²) in [5.74, 6) is -0.434. The Labute approximate surface area is 60.5 Å². The average molecular weight is 143 g/mol. The first-order chi connectivity index (χ1) is 4.72. The van der Waals surface area contributed by atoms with Crippen LogP contribution in [0.3, 0.4) is 0 Å². The average Bonchev–Trinajstić information content (AvgIpc) is 1.87. The topological polar surface area (TPSA) is 63.3 Å². The number of aliphatic hydroxyl groups excluding tert-OH is 1. The molecule has 0 rings (SSSR count). The van der Waals surface area contributed by atoms with Crippen LogP contribution in [0.2, 0.25) is 0 Å². The van der Waals surface area contributed by atoms with Crippen LogP contribution in [0.1, 0.15) is 19.8 Å². The molecule has 3 nitrogen and oxygen atoms in total. The van der Waals surface area contributed by atoms with Crippen LogP contribution in [0.5, 0.6) is 0 Å². The second-order valence-electron chi connectivity index (χ2n) is 1.98. The molecule has 3 heteroatoms. The largest absolute Gasteiger partial charge is 0.396 e. The fourth-order valence-corrected chi connectivity index (χ4v) is 0.693. The summed E-state index contributed by atoms with van der Waals surface area (Å²) in [4.78, 5) is 10.5. The number of carbonyl (C=O) groups excluding carboxylic acids is 1. The molecule has 0 heterocycles. The van der Waals surface area contributed by atoms with E-state index in [1.165, 1.54) is 0 Å². The number of primary amides is 1. The number of nitrogens with two attached hydrogens (primary N) is 1. The molecular formula is C7H13NO2. The minimum atomic E-state index is -0.434. The van der Waals surface area contributed by atoms with Crippen LogP contribution in [0, 0.1) is 0 Å². The maximum Gasteiger partial charge on any atom is 0.244 e. The van der Waals surface area contributed by atoms with Gasteiger partial charge in [-0.1, -0.05) is 13.0 Å². The summed E-state index contributed by atoms with van der Waals surface area (Å²) in [5.41, 5.74) is 5.51. The lowest BCUT2D eigenvalue weighted by molar-refractivity contribution is -0.114. The lowest BCUT2D eigenvalue weighted by Gasteiger charge is -1.97. The number of amides is 1. The molecule has 0 aliphatic rings. The van der Waals surface area contributed by atoms with Gasteiger partial charge in [0, 0.05) is 18.6 Å². The van der Waals surface area contributed by atoms with Gasteiger partial charge in [0.25, 0.3) is 0 Å². The van der Waals surface area contributed by atoms with Gasteiger partial charge in [-0.05, 0) is 6.42 Å². The van der Waals surface area contributed by atoms with Gasteiger partial charge in [0.1, 0.15) is 0 Å². The van der Waals surface area contributed by atoms with E-state index in [-0.39, 0.29) is 6.61 Å². The van der Waals surface area contributed by atoms with Crippen molar-refractivity contribution in [1.82, 2.24) is 0 Å². The molecule has 0 saturated carbocycles. The molecule has 0 aromatic rings. The summed E-state index contributed by atoms with van der Waals surface area (Å²) >= 11 is 0. The van der Waals surface area contributed by atoms with E-state index in [1.807, 2.05) is 6.92 Å². The number of hydrogen-bond donors (Lipinski definition) is 2. The molecule has 0 aliphatic heterocycles. The minimum absolute atomic E-state index is 0.0191. The second kappa shape index (κ2) is 4.99. The zero-order valence-corrected chi connectivity index (χ0v) is 6.13. The molecule has 3 N–H and O–H groups in total. The van der Waals surface area contributed by atoms with Crippen LogP contribution in [-0.4, -0.2) is 17.6 Å². The Balaban J connectivity index is 3.98. The van der Waals surface area contributed by atoms with E-state index >= 15 is 0 Å². The number of allylic oxidation sites excluding steroid dienone is 1. The fourth-order valence-electron chi connectivity index (χ4n) is 0.693. The van der Waals surface area contributed by atoms with Crippen LogP contribution < -0.4 is 5.73 Å². The zero-order valence-electron chi connectivity index (χ0n) is 6.13. The lowest BCUT2D eigenvalue weighted by Crippen LogP contribution is -2.14. The Kier molecular flexibility index (Phi) is 4.58. The Morgan fingerprint density at radius 1 is 1.70 bits per heavy atom. The van der Waals surface area contributed by atoms with E-state index in [0.29, 0.717) is 12.0 Å². The van der Waals surface area contributed by atoms with Crippen LogP contribution >= 0.6 is 0 Å². The van der Waals surface area contributed by atoms with E-state index in [4.69, 9.17) is 10.8 Å². The molecule has 0 bridgehead atoms. The van der Waals surface area contributed by atoms with E-state index in [0.717, 1.165) is 6.42 Å². The van der Waals surface area contributed by atoms with Crippen molar-refractivity contribution in [3.63, 3.8) is 0 Å². The first-order valence-corrected chi connectivity index (χ1v) is 3.32. The van der Waals surface area contributed by atoms with Crippen LogP contribution in [0.15, 0.2) is 11.6 Å². The molecule has 1 amide bonds. The maximum absolute atomic E-state index is 10.5. The van der Waals surface area contributed by atoms with E-state index in [9.17, 15) is 4.79 Å². The number of hydrogen-bond acceptors (Lipinski definition) is 2. The molecule has 0 aromatic carbocycles. The van der Waals surface area contributed by atoms with Crippen molar-refractivity contribution in [3.8, 4) is 0 Å². The quantitative estimate of drug-likeness (QED) is 0.552. The van der Waals surface area contributed by atoms with Gasteiger partial charge in [0.05, 0.1) is 0 Å². The summed E-state index contributed by atoms with van der Waals surface area (Å²) in [6.07, 6.45) is 2.88. The first-order valence-electron chi connectivity index (χ1n) is 3.32. The summed E-state index contributed by atoms with van der Waals surface area (Å²) < 4.78 is 0. The highest BCUT2D eigenvalue weighted by Gasteiger charge is 2.01. The molecule has 0 spiro atoms. The first kappa shape index (κ1) is 9.17. The third-order valence-electron chi connectivity index (χ3n) is 1.15. The smallest absolute Gasteiger partial charge is 0.244 e. The summed E-state index contributed by atoms with van der Waals surface area (Å²) in [5, 5.41) is 8.46. The third-order valence-corrected chi connectivity index (χ3v) is 1.15. The standard InChI is InChI=1S/C7H13NO2/c1-2-3-6(4-5-9)7(8)10/h3,9H,2,4-5H2,1H3,(H2,8,10)/b6-3-. The number of rotatable bonds is 4. The fraction of sp³-hybridized carbons (Fsp3) is 0.571. The van der Waals surface area contributed by atoms with Crippen LogP contribution in [0.25, 0.3) is 0 Å². The van der Waals surface area contributed by atoms with Crippen molar-refractivity contribution >= 4 is 5.91 Å². The molecule has 0 atom stereocenters. The second-order valence-corrected chi connectivity index (χ2v) is 1.98. The van der Waals surface area contributed by atoms with E-state index in [2.05, 4.69) is 0 Å².